The number of fused-ring (bicyclic) bond motifs is 1. The monoisotopic (exact) mass is 689 g/mol. The first-order chi connectivity index (χ1) is 24.6. The van der Waals surface area contributed by atoms with Crippen molar-refractivity contribution in [2.24, 2.45) is 5.92 Å². The van der Waals surface area contributed by atoms with Crippen molar-refractivity contribution in [1.82, 2.24) is 14.9 Å². The van der Waals surface area contributed by atoms with Crippen LogP contribution in [-0.4, -0.2) is 41.7 Å². The summed E-state index contributed by atoms with van der Waals surface area (Å²) in [6.07, 6.45) is 13.3. The number of aromatic nitrogens is 2. The number of aryl methyl sites for hydroxylation is 3. The summed E-state index contributed by atoms with van der Waals surface area (Å²) < 4.78 is 11.3. The second kappa shape index (κ2) is 21.0. The number of allylic oxidation sites excluding steroid dienone is 2. The van der Waals surface area contributed by atoms with Gasteiger partial charge in [0.05, 0.1) is 30.8 Å². The van der Waals surface area contributed by atoms with Crippen LogP contribution in [0.5, 0.6) is 5.75 Å². The molecule has 5 nitrogen and oxygen atoms in total. The lowest BCUT2D eigenvalue weighted by Crippen LogP contribution is -2.30. The fraction of sp³-hybridized carbons (Fsp3) is 0.413. The average molecular weight is 690 g/mol. The van der Waals surface area contributed by atoms with Crippen molar-refractivity contribution < 1.29 is 9.47 Å². The molecular formula is C46H63N3O2. The molecule has 5 heteroatoms. The highest BCUT2D eigenvalue weighted by Crippen LogP contribution is 2.32. The van der Waals surface area contributed by atoms with Gasteiger partial charge in [0.2, 0.25) is 0 Å². The van der Waals surface area contributed by atoms with Crippen LogP contribution in [0.2, 0.25) is 0 Å². The number of rotatable bonds is 13. The molecule has 2 unspecified atom stereocenters. The Morgan fingerprint density at radius 3 is 2.31 bits per heavy atom. The van der Waals surface area contributed by atoms with Crippen molar-refractivity contribution in [3.05, 3.63) is 131 Å². The van der Waals surface area contributed by atoms with E-state index in [1.54, 1.807) is 7.11 Å². The van der Waals surface area contributed by atoms with Gasteiger partial charge in [-0.05, 0) is 129 Å². The molecule has 1 N–H and O–H groups in total. The summed E-state index contributed by atoms with van der Waals surface area (Å²) in [6.45, 7) is 22.0. The van der Waals surface area contributed by atoms with Crippen LogP contribution in [0.1, 0.15) is 91.1 Å². The minimum atomic E-state index is 0.255. The van der Waals surface area contributed by atoms with Gasteiger partial charge < -0.3 is 19.4 Å². The minimum absolute atomic E-state index is 0.255. The number of likely N-dealkylation sites (N-methyl/N-ethyl adjacent to an activating group) is 1. The lowest BCUT2D eigenvalue weighted by molar-refractivity contribution is 0.295. The molecule has 3 aromatic carbocycles. The summed E-state index contributed by atoms with van der Waals surface area (Å²) in [4.78, 5) is 9.90. The Balaban J connectivity index is 0.000000221. The highest BCUT2D eigenvalue weighted by atomic mass is 16.5. The van der Waals surface area contributed by atoms with Gasteiger partial charge >= 0.3 is 0 Å². The number of benzene rings is 3. The number of aromatic amines is 1. The number of imidazole rings is 1. The molecule has 0 amide bonds. The van der Waals surface area contributed by atoms with Crippen LogP contribution in [0.4, 0.5) is 0 Å². The van der Waals surface area contributed by atoms with Gasteiger partial charge in [-0.15, -0.1) is 0 Å². The zero-order valence-corrected chi connectivity index (χ0v) is 33.1. The zero-order chi connectivity index (χ0) is 37.3. The van der Waals surface area contributed by atoms with E-state index in [2.05, 4.69) is 156 Å². The van der Waals surface area contributed by atoms with Crippen LogP contribution in [-0.2, 0) is 17.6 Å². The first-order valence-corrected chi connectivity index (χ1v) is 18.9. The molecule has 2 atom stereocenters. The summed E-state index contributed by atoms with van der Waals surface area (Å²) in [7, 11) is 3.80. The largest absolute Gasteiger partial charge is 0.496 e. The maximum atomic E-state index is 5.83. The van der Waals surface area contributed by atoms with E-state index in [1.165, 1.54) is 58.2 Å². The zero-order valence-electron chi connectivity index (χ0n) is 33.1. The van der Waals surface area contributed by atoms with Gasteiger partial charge in [0.1, 0.15) is 17.3 Å². The molecule has 1 aliphatic rings. The van der Waals surface area contributed by atoms with E-state index in [0.29, 0.717) is 5.92 Å². The van der Waals surface area contributed by atoms with E-state index in [9.17, 15) is 0 Å². The number of nitrogens with zero attached hydrogens (tertiary/aromatic N) is 2. The van der Waals surface area contributed by atoms with E-state index >= 15 is 0 Å². The Morgan fingerprint density at radius 2 is 1.69 bits per heavy atom. The van der Waals surface area contributed by atoms with Gasteiger partial charge in [-0.2, -0.15) is 0 Å². The first-order valence-electron chi connectivity index (χ1n) is 18.9. The van der Waals surface area contributed by atoms with Gasteiger partial charge in [0.25, 0.3) is 0 Å². The summed E-state index contributed by atoms with van der Waals surface area (Å²) >= 11 is 0. The molecule has 4 aromatic rings. The molecule has 51 heavy (non-hydrogen) atoms. The molecule has 274 valence electrons. The van der Waals surface area contributed by atoms with Crippen molar-refractivity contribution in [1.29, 1.82) is 0 Å². The van der Waals surface area contributed by atoms with Crippen LogP contribution in [0, 0.1) is 12.8 Å². The van der Waals surface area contributed by atoms with Crippen molar-refractivity contribution >= 4 is 11.0 Å². The molecule has 1 heterocycles. The molecular weight excluding hydrogens is 627 g/mol. The fourth-order valence-electron chi connectivity index (χ4n) is 6.09. The van der Waals surface area contributed by atoms with E-state index in [4.69, 9.17) is 9.47 Å². The maximum absolute atomic E-state index is 5.83. The standard InChI is InChI=1S/C19H22N2O.C17H27NO.C10H14/c1-4-10-22-19-9-7-15(11-14(19)5-2)16-6-8-17-18(12-16)21-13(3)20-17;1-8-12(3)14(5)15-11-17(19-7)13(4)10-16(15)18(6)9-2;1-2-3-7-10-8-5-4-6-9-10/h6-9,11-12H,4-5,10H2,1-3H3,(H,20,21);9-12,16H,2,8H2,1,3-7H3;4-6,8-9H,2-3,7H2,1H3/b;15-14-;. The van der Waals surface area contributed by atoms with Crippen molar-refractivity contribution in [3.8, 4) is 16.9 Å². The molecule has 1 aliphatic carbocycles. The lowest BCUT2D eigenvalue weighted by atomic mass is 9.86. The second-order valence-electron chi connectivity index (χ2n) is 13.5. The third-order valence-electron chi connectivity index (χ3n) is 9.65. The third kappa shape index (κ3) is 11.8. The predicted molar refractivity (Wildman–Crippen MR) is 219 cm³/mol. The van der Waals surface area contributed by atoms with Gasteiger partial charge in [-0.3, -0.25) is 0 Å². The Bertz CT molecular complexity index is 1760. The number of hydrogen-bond donors (Lipinski definition) is 1. The number of hydrogen-bond acceptors (Lipinski definition) is 4. The van der Waals surface area contributed by atoms with E-state index < -0.39 is 0 Å². The Morgan fingerprint density at radius 1 is 0.980 bits per heavy atom. The van der Waals surface area contributed by atoms with Gasteiger partial charge in [0, 0.05) is 7.05 Å². The Hall–Kier alpha value is -4.51. The van der Waals surface area contributed by atoms with Crippen LogP contribution in [0.15, 0.2) is 114 Å². The fourth-order valence-corrected chi connectivity index (χ4v) is 6.09. The first kappa shape index (κ1) is 40.9. The molecule has 0 spiro atoms. The van der Waals surface area contributed by atoms with Crippen molar-refractivity contribution in [2.45, 2.75) is 100.0 Å². The van der Waals surface area contributed by atoms with E-state index in [-0.39, 0.29) is 6.04 Å². The second-order valence-corrected chi connectivity index (χ2v) is 13.5. The molecule has 0 radical (unpaired) electrons. The SMILES string of the molecule is C=CN(C)C1C=C(C)C(OC)=C/C1=C(\C)C(C)CC.CCCCc1ccccc1.CCCOc1ccc(-c2ccc3nc(C)[nH]c3c2)cc1CC. The van der Waals surface area contributed by atoms with Crippen molar-refractivity contribution in [2.75, 3.05) is 20.8 Å². The van der Waals surface area contributed by atoms with Gasteiger partial charge in [-0.1, -0.05) is 102 Å². The summed E-state index contributed by atoms with van der Waals surface area (Å²) in [5.41, 5.74) is 11.2. The van der Waals surface area contributed by atoms with E-state index in [0.717, 1.165) is 54.2 Å². The predicted octanol–water partition coefficient (Wildman–Crippen LogP) is 12.2. The molecule has 1 aromatic heterocycles. The van der Waals surface area contributed by atoms with Crippen LogP contribution < -0.4 is 4.74 Å². The molecule has 0 saturated carbocycles. The summed E-state index contributed by atoms with van der Waals surface area (Å²) in [6, 6.07) is 23.7. The highest BCUT2D eigenvalue weighted by molar-refractivity contribution is 5.82. The smallest absolute Gasteiger partial charge is 0.122 e. The van der Waals surface area contributed by atoms with Crippen LogP contribution >= 0.6 is 0 Å². The van der Waals surface area contributed by atoms with Gasteiger partial charge in [-0.25, -0.2) is 4.98 Å². The maximum Gasteiger partial charge on any atom is 0.122 e. The normalized spacial score (nSPS) is 15.3. The number of ether oxygens (including phenoxy) is 2. The van der Waals surface area contributed by atoms with Crippen LogP contribution in [0.3, 0.4) is 0 Å². The minimum Gasteiger partial charge on any atom is -0.496 e. The molecule has 0 bridgehead atoms. The van der Waals surface area contributed by atoms with Gasteiger partial charge in [0.15, 0.2) is 0 Å². The van der Waals surface area contributed by atoms with Crippen LogP contribution in [0.25, 0.3) is 22.2 Å². The number of methoxy groups -OCH3 is 1. The highest BCUT2D eigenvalue weighted by Gasteiger charge is 2.23. The lowest BCUT2D eigenvalue weighted by Gasteiger charge is -2.32. The quantitative estimate of drug-likeness (QED) is 0.152. The number of unbranched alkanes of at least 4 members (excludes halogenated alkanes) is 1. The molecule has 5 rings (SSSR count). The summed E-state index contributed by atoms with van der Waals surface area (Å²) in [5.74, 6) is 3.50. The Kier molecular flexibility index (Phi) is 16.8. The molecule has 0 saturated heterocycles. The van der Waals surface area contributed by atoms with Crippen molar-refractivity contribution in [3.63, 3.8) is 0 Å². The Labute approximate surface area is 309 Å². The summed E-state index contributed by atoms with van der Waals surface area (Å²) in [5, 5.41) is 0. The molecule has 0 aliphatic heterocycles. The van der Waals surface area contributed by atoms with E-state index in [1.807, 2.05) is 13.1 Å². The number of H-pyrrole nitrogens is 1. The molecule has 0 fully saturated rings. The topological polar surface area (TPSA) is 50.4 Å². The number of nitrogens with one attached hydrogen (secondary N) is 1. The average Bonchev–Trinajstić information content (AvgIpc) is 3.55. The third-order valence-corrected chi connectivity index (χ3v) is 9.65.